The van der Waals surface area contributed by atoms with Crippen molar-refractivity contribution in [3.05, 3.63) is 113 Å². The van der Waals surface area contributed by atoms with E-state index >= 15 is 0 Å². The van der Waals surface area contributed by atoms with Gasteiger partial charge in [0.15, 0.2) is 0 Å². The summed E-state index contributed by atoms with van der Waals surface area (Å²) in [6.45, 7) is 4.94. The molecule has 3 aromatic carbocycles. The van der Waals surface area contributed by atoms with Crippen LogP contribution in [-0.2, 0) is 0 Å². The molecule has 0 amide bonds. The fraction of sp³-hybridized carbons (Fsp3) is 0.167. The van der Waals surface area contributed by atoms with E-state index in [2.05, 4.69) is 73.8 Å². The van der Waals surface area contributed by atoms with Gasteiger partial charge in [0.05, 0.1) is 0 Å². The van der Waals surface area contributed by atoms with Crippen LogP contribution in [0.1, 0.15) is 35.2 Å². The van der Waals surface area contributed by atoms with Gasteiger partial charge in [-0.2, -0.15) is 0 Å². The van der Waals surface area contributed by atoms with Crippen LogP contribution in [0.5, 0.6) is 0 Å². The summed E-state index contributed by atoms with van der Waals surface area (Å²) in [4.78, 5) is 0. The zero-order valence-corrected chi connectivity index (χ0v) is 15.2. The number of benzene rings is 3. The van der Waals surface area contributed by atoms with Crippen molar-refractivity contribution in [1.29, 1.82) is 0 Å². The third-order valence-corrected chi connectivity index (χ3v) is 4.51. The Labute approximate surface area is 155 Å². The maximum absolute atomic E-state index is 13.1. The molecule has 0 radical (unpaired) electrons. The SMILES string of the molecule is Cc1cccc(/C(=C/CN[C@H](C)c2ccc(F)cc2)c2ccccc2)c1. The van der Waals surface area contributed by atoms with Crippen LogP contribution in [0.4, 0.5) is 4.39 Å². The van der Waals surface area contributed by atoms with Crippen LogP contribution in [0.25, 0.3) is 5.57 Å². The van der Waals surface area contributed by atoms with Crippen LogP contribution < -0.4 is 5.32 Å². The Morgan fingerprint density at radius 3 is 2.31 bits per heavy atom. The maximum Gasteiger partial charge on any atom is 0.123 e. The summed E-state index contributed by atoms with van der Waals surface area (Å²) in [5.74, 6) is -0.202. The second-order valence-corrected chi connectivity index (χ2v) is 6.53. The first-order chi connectivity index (χ1) is 12.6. The van der Waals surface area contributed by atoms with Crippen LogP contribution in [0.3, 0.4) is 0 Å². The number of aryl methyl sites for hydroxylation is 1. The fourth-order valence-corrected chi connectivity index (χ4v) is 3.04. The monoisotopic (exact) mass is 345 g/mol. The van der Waals surface area contributed by atoms with Crippen molar-refractivity contribution in [3.8, 4) is 0 Å². The van der Waals surface area contributed by atoms with Gasteiger partial charge in [-0.25, -0.2) is 4.39 Å². The van der Waals surface area contributed by atoms with E-state index in [1.165, 1.54) is 34.4 Å². The van der Waals surface area contributed by atoms with Gasteiger partial charge in [0.1, 0.15) is 5.82 Å². The number of rotatable bonds is 6. The fourth-order valence-electron chi connectivity index (χ4n) is 3.04. The van der Waals surface area contributed by atoms with E-state index in [0.717, 1.165) is 12.1 Å². The van der Waals surface area contributed by atoms with E-state index in [4.69, 9.17) is 0 Å². The third kappa shape index (κ3) is 4.68. The molecule has 3 rings (SSSR count). The normalized spacial score (nSPS) is 12.8. The molecular formula is C24H24FN. The van der Waals surface area contributed by atoms with Crippen molar-refractivity contribution in [3.63, 3.8) is 0 Å². The first kappa shape index (κ1) is 18.1. The van der Waals surface area contributed by atoms with E-state index in [0.29, 0.717) is 0 Å². The van der Waals surface area contributed by atoms with Crippen molar-refractivity contribution in [2.75, 3.05) is 6.54 Å². The van der Waals surface area contributed by atoms with E-state index in [9.17, 15) is 4.39 Å². The second kappa shape index (κ2) is 8.59. The number of nitrogens with one attached hydrogen (secondary N) is 1. The molecule has 0 saturated heterocycles. The average Bonchev–Trinajstić information content (AvgIpc) is 2.66. The van der Waals surface area contributed by atoms with Crippen molar-refractivity contribution in [2.45, 2.75) is 19.9 Å². The Bertz CT molecular complexity index is 866. The molecule has 26 heavy (non-hydrogen) atoms. The van der Waals surface area contributed by atoms with Gasteiger partial charge in [-0.15, -0.1) is 0 Å². The minimum absolute atomic E-state index is 0.154. The standard InChI is InChI=1S/C24H24FN/c1-18-7-6-10-22(17-18)24(21-8-4-3-5-9-21)15-16-26-19(2)20-11-13-23(25)14-12-20/h3-15,17,19,26H,16H2,1-2H3/b24-15+/t19-/m1/s1. The smallest absolute Gasteiger partial charge is 0.123 e. The Morgan fingerprint density at radius 2 is 1.62 bits per heavy atom. The van der Waals surface area contributed by atoms with Crippen LogP contribution >= 0.6 is 0 Å². The van der Waals surface area contributed by atoms with Crippen molar-refractivity contribution >= 4 is 5.57 Å². The summed E-state index contributed by atoms with van der Waals surface area (Å²) in [7, 11) is 0. The van der Waals surface area contributed by atoms with Gasteiger partial charge in [0.2, 0.25) is 0 Å². The Kier molecular flexibility index (Phi) is 5.98. The van der Waals surface area contributed by atoms with Gasteiger partial charge in [0.25, 0.3) is 0 Å². The largest absolute Gasteiger partial charge is 0.307 e. The molecule has 1 N–H and O–H groups in total. The summed E-state index contributed by atoms with van der Waals surface area (Å²) in [5, 5.41) is 3.50. The number of hydrogen-bond donors (Lipinski definition) is 1. The third-order valence-electron chi connectivity index (χ3n) is 4.51. The minimum atomic E-state index is -0.202. The summed E-state index contributed by atoms with van der Waals surface area (Å²) in [6.07, 6.45) is 2.23. The maximum atomic E-state index is 13.1. The van der Waals surface area contributed by atoms with Crippen LogP contribution in [-0.4, -0.2) is 6.54 Å². The summed E-state index contributed by atoms with van der Waals surface area (Å²) in [5.41, 5.74) is 5.96. The van der Waals surface area contributed by atoms with E-state index in [1.807, 2.05) is 18.2 Å². The molecule has 0 heterocycles. The highest BCUT2D eigenvalue weighted by Gasteiger charge is 2.07. The zero-order chi connectivity index (χ0) is 18.4. The van der Waals surface area contributed by atoms with E-state index < -0.39 is 0 Å². The van der Waals surface area contributed by atoms with E-state index in [-0.39, 0.29) is 11.9 Å². The topological polar surface area (TPSA) is 12.0 Å². The Morgan fingerprint density at radius 1 is 0.923 bits per heavy atom. The lowest BCUT2D eigenvalue weighted by Gasteiger charge is -2.14. The second-order valence-electron chi connectivity index (χ2n) is 6.53. The summed E-state index contributed by atoms with van der Waals surface area (Å²) < 4.78 is 13.1. The molecule has 0 bridgehead atoms. The quantitative estimate of drug-likeness (QED) is 0.585. The highest BCUT2D eigenvalue weighted by molar-refractivity contribution is 5.80. The molecule has 1 nitrogen and oxygen atoms in total. The first-order valence-corrected chi connectivity index (χ1v) is 8.95. The van der Waals surface area contributed by atoms with Gasteiger partial charge < -0.3 is 5.32 Å². The Balaban J connectivity index is 1.79. The number of hydrogen-bond acceptors (Lipinski definition) is 1. The molecule has 0 aliphatic heterocycles. The molecule has 1 atom stereocenters. The van der Waals surface area contributed by atoms with Crippen LogP contribution in [0, 0.1) is 12.7 Å². The molecule has 0 aliphatic rings. The summed E-state index contributed by atoms with van der Waals surface area (Å²) >= 11 is 0. The van der Waals surface area contributed by atoms with Crippen molar-refractivity contribution in [1.82, 2.24) is 5.32 Å². The minimum Gasteiger partial charge on any atom is -0.307 e. The molecule has 0 fully saturated rings. The average molecular weight is 345 g/mol. The molecule has 132 valence electrons. The molecule has 0 aliphatic carbocycles. The van der Waals surface area contributed by atoms with Gasteiger partial charge in [-0.05, 0) is 48.2 Å². The lowest BCUT2D eigenvalue weighted by atomic mass is 9.96. The lowest BCUT2D eigenvalue weighted by molar-refractivity contribution is 0.606. The lowest BCUT2D eigenvalue weighted by Crippen LogP contribution is -2.18. The Hall–Kier alpha value is -2.71. The molecule has 0 aromatic heterocycles. The summed E-state index contributed by atoms with van der Waals surface area (Å²) in [6, 6.07) is 25.8. The van der Waals surface area contributed by atoms with Crippen molar-refractivity contribution < 1.29 is 4.39 Å². The number of halogens is 1. The van der Waals surface area contributed by atoms with Gasteiger partial charge in [0, 0.05) is 12.6 Å². The molecule has 0 spiro atoms. The molecule has 0 unspecified atom stereocenters. The molecule has 0 saturated carbocycles. The highest BCUT2D eigenvalue weighted by Crippen LogP contribution is 2.24. The van der Waals surface area contributed by atoms with Gasteiger partial charge >= 0.3 is 0 Å². The zero-order valence-electron chi connectivity index (χ0n) is 15.2. The van der Waals surface area contributed by atoms with Gasteiger partial charge in [-0.1, -0.05) is 78.4 Å². The molecule has 3 aromatic rings. The first-order valence-electron chi connectivity index (χ1n) is 8.95. The predicted molar refractivity (Wildman–Crippen MR) is 108 cm³/mol. The van der Waals surface area contributed by atoms with Crippen LogP contribution in [0.2, 0.25) is 0 Å². The predicted octanol–water partition coefficient (Wildman–Crippen LogP) is 5.92. The van der Waals surface area contributed by atoms with Gasteiger partial charge in [-0.3, -0.25) is 0 Å². The highest BCUT2D eigenvalue weighted by atomic mass is 19.1. The molecule has 2 heteroatoms. The van der Waals surface area contributed by atoms with Crippen molar-refractivity contribution in [2.24, 2.45) is 0 Å². The van der Waals surface area contributed by atoms with Crippen LogP contribution in [0.15, 0.2) is 84.9 Å². The van der Waals surface area contributed by atoms with E-state index in [1.54, 1.807) is 0 Å². The molecular weight excluding hydrogens is 321 g/mol.